The molecule has 0 aliphatic carbocycles. The van der Waals surface area contributed by atoms with Crippen molar-refractivity contribution in [2.45, 2.75) is 39.5 Å². The van der Waals surface area contributed by atoms with Crippen molar-refractivity contribution in [2.75, 3.05) is 0 Å². The van der Waals surface area contributed by atoms with Gasteiger partial charge in [-0.2, -0.15) is 0 Å². The van der Waals surface area contributed by atoms with Gasteiger partial charge >= 0.3 is 0 Å². The predicted molar refractivity (Wildman–Crippen MR) is 105 cm³/mol. The highest BCUT2D eigenvalue weighted by Gasteiger charge is 1.93. The molecule has 0 heterocycles. The van der Waals surface area contributed by atoms with Crippen LogP contribution >= 0.6 is 0 Å². The molecule has 2 aromatic carbocycles. The molecule has 0 saturated heterocycles. The Kier molecular flexibility index (Phi) is 7.64. The molecule has 0 aliphatic rings. The third-order valence-electron chi connectivity index (χ3n) is 3.93. The van der Waals surface area contributed by atoms with Crippen LogP contribution in [-0.4, -0.2) is 0 Å². The second-order valence-corrected chi connectivity index (χ2v) is 5.86. The maximum atomic E-state index is 3.25. The standard InChI is InChI=1S/C24H26/c1-3-5-7-9-21-11-15-23(16-12-21)19-20-24-17-13-22(14-18-24)10-8-6-4-2/h3-6,11-18H,7-10H2,1-2H3/b5-3+,6-4+. The highest BCUT2D eigenvalue weighted by Crippen LogP contribution is 2.08. The van der Waals surface area contributed by atoms with Crippen LogP contribution < -0.4 is 0 Å². The van der Waals surface area contributed by atoms with Crippen molar-refractivity contribution >= 4 is 0 Å². The Labute approximate surface area is 146 Å². The quantitative estimate of drug-likeness (QED) is 0.446. The summed E-state index contributed by atoms with van der Waals surface area (Å²) in [5, 5.41) is 0. The molecule has 0 unspecified atom stereocenters. The van der Waals surface area contributed by atoms with Crippen LogP contribution in [0.25, 0.3) is 0 Å². The Bertz CT molecular complexity index is 653. The number of hydrogen-bond donors (Lipinski definition) is 0. The Morgan fingerprint density at radius 2 is 1.00 bits per heavy atom. The van der Waals surface area contributed by atoms with E-state index in [9.17, 15) is 0 Å². The van der Waals surface area contributed by atoms with E-state index in [1.807, 2.05) is 0 Å². The van der Waals surface area contributed by atoms with Gasteiger partial charge in [0.05, 0.1) is 0 Å². The summed E-state index contributed by atoms with van der Waals surface area (Å²) >= 11 is 0. The van der Waals surface area contributed by atoms with E-state index in [0.717, 1.165) is 36.8 Å². The van der Waals surface area contributed by atoms with Gasteiger partial charge in [0, 0.05) is 11.1 Å². The van der Waals surface area contributed by atoms with Crippen LogP contribution in [0.15, 0.2) is 72.8 Å². The van der Waals surface area contributed by atoms with Crippen LogP contribution in [0.3, 0.4) is 0 Å². The third-order valence-corrected chi connectivity index (χ3v) is 3.93. The van der Waals surface area contributed by atoms with E-state index in [1.54, 1.807) is 0 Å². The van der Waals surface area contributed by atoms with Gasteiger partial charge in [-0.05, 0) is 74.9 Å². The van der Waals surface area contributed by atoms with Crippen LogP contribution in [0.4, 0.5) is 0 Å². The predicted octanol–water partition coefficient (Wildman–Crippen LogP) is 6.10. The maximum Gasteiger partial charge on any atom is 0.0249 e. The van der Waals surface area contributed by atoms with Crippen LogP contribution in [0.5, 0.6) is 0 Å². The molecule has 0 nitrogen and oxygen atoms in total. The van der Waals surface area contributed by atoms with Gasteiger partial charge in [0.25, 0.3) is 0 Å². The molecular weight excluding hydrogens is 288 g/mol. The summed E-state index contributed by atoms with van der Waals surface area (Å²) in [6.45, 7) is 4.13. The molecule has 0 aromatic heterocycles. The van der Waals surface area contributed by atoms with Gasteiger partial charge in [0.2, 0.25) is 0 Å². The lowest BCUT2D eigenvalue weighted by Crippen LogP contribution is -1.85. The van der Waals surface area contributed by atoms with Crippen molar-refractivity contribution < 1.29 is 0 Å². The highest BCUT2D eigenvalue weighted by atomic mass is 14.0. The minimum atomic E-state index is 1.07. The molecule has 0 bridgehead atoms. The summed E-state index contributed by atoms with van der Waals surface area (Å²) in [5.74, 6) is 6.50. The molecule has 0 atom stereocenters. The van der Waals surface area contributed by atoms with E-state index in [4.69, 9.17) is 0 Å². The summed E-state index contributed by atoms with van der Waals surface area (Å²) in [5.41, 5.74) is 4.87. The Hall–Kier alpha value is -2.52. The van der Waals surface area contributed by atoms with Crippen molar-refractivity contribution in [3.8, 4) is 11.8 Å². The summed E-state index contributed by atoms with van der Waals surface area (Å²) in [6.07, 6.45) is 13.0. The molecule has 0 aliphatic heterocycles. The van der Waals surface area contributed by atoms with Crippen molar-refractivity contribution in [2.24, 2.45) is 0 Å². The molecule has 0 amide bonds. The monoisotopic (exact) mass is 314 g/mol. The van der Waals surface area contributed by atoms with Crippen molar-refractivity contribution in [1.82, 2.24) is 0 Å². The van der Waals surface area contributed by atoms with E-state index in [0.29, 0.717) is 0 Å². The van der Waals surface area contributed by atoms with E-state index in [2.05, 4.69) is 98.5 Å². The molecule has 0 N–H and O–H groups in total. The molecule has 0 heteroatoms. The zero-order valence-electron chi connectivity index (χ0n) is 14.8. The zero-order chi connectivity index (χ0) is 17.0. The first-order chi connectivity index (χ1) is 11.8. The summed E-state index contributed by atoms with van der Waals surface area (Å²) < 4.78 is 0. The third kappa shape index (κ3) is 6.31. The molecule has 0 radical (unpaired) electrons. The fraction of sp³-hybridized carbons (Fsp3) is 0.250. The van der Waals surface area contributed by atoms with Gasteiger partial charge in [0.1, 0.15) is 0 Å². The SMILES string of the molecule is C/C=C/CCc1ccc(C#Cc2ccc(CC/C=C/C)cc2)cc1. The first kappa shape index (κ1) is 17.8. The second-order valence-electron chi connectivity index (χ2n) is 5.86. The van der Waals surface area contributed by atoms with Gasteiger partial charge in [0.15, 0.2) is 0 Å². The Balaban J connectivity index is 1.94. The first-order valence-electron chi connectivity index (χ1n) is 8.74. The van der Waals surface area contributed by atoms with Gasteiger partial charge in [-0.15, -0.1) is 0 Å². The fourth-order valence-corrected chi connectivity index (χ4v) is 2.49. The molecule has 122 valence electrons. The maximum absolute atomic E-state index is 3.25. The Morgan fingerprint density at radius 1 is 0.625 bits per heavy atom. The van der Waals surface area contributed by atoms with Crippen LogP contribution in [-0.2, 0) is 12.8 Å². The molecule has 2 aromatic rings. The fourth-order valence-electron chi connectivity index (χ4n) is 2.49. The van der Waals surface area contributed by atoms with Gasteiger partial charge in [-0.3, -0.25) is 0 Å². The van der Waals surface area contributed by atoms with E-state index < -0.39 is 0 Å². The second kappa shape index (κ2) is 10.3. The van der Waals surface area contributed by atoms with Crippen LogP contribution in [0.1, 0.15) is 48.9 Å². The molecule has 0 fully saturated rings. The summed E-state index contributed by atoms with van der Waals surface area (Å²) in [4.78, 5) is 0. The molecule has 0 saturated carbocycles. The number of aryl methyl sites for hydroxylation is 2. The minimum Gasteiger partial charge on any atom is -0.0917 e. The molecular formula is C24H26. The zero-order valence-corrected chi connectivity index (χ0v) is 14.8. The van der Waals surface area contributed by atoms with Crippen molar-refractivity contribution in [3.63, 3.8) is 0 Å². The lowest BCUT2D eigenvalue weighted by atomic mass is 10.1. The topological polar surface area (TPSA) is 0 Å². The van der Waals surface area contributed by atoms with Gasteiger partial charge in [-0.1, -0.05) is 60.4 Å². The molecule has 2 rings (SSSR count). The van der Waals surface area contributed by atoms with Gasteiger partial charge in [-0.25, -0.2) is 0 Å². The normalized spacial score (nSPS) is 10.9. The average molecular weight is 314 g/mol. The number of rotatable bonds is 6. The molecule has 0 spiro atoms. The van der Waals surface area contributed by atoms with Crippen molar-refractivity contribution in [1.29, 1.82) is 0 Å². The van der Waals surface area contributed by atoms with Crippen LogP contribution in [0.2, 0.25) is 0 Å². The molecule has 24 heavy (non-hydrogen) atoms. The van der Waals surface area contributed by atoms with E-state index >= 15 is 0 Å². The van der Waals surface area contributed by atoms with E-state index in [-0.39, 0.29) is 0 Å². The lowest BCUT2D eigenvalue weighted by Gasteiger charge is -1.99. The number of benzene rings is 2. The highest BCUT2D eigenvalue weighted by molar-refractivity contribution is 5.44. The van der Waals surface area contributed by atoms with Crippen molar-refractivity contribution in [3.05, 3.63) is 95.1 Å². The first-order valence-corrected chi connectivity index (χ1v) is 8.74. The average Bonchev–Trinajstić information content (AvgIpc) is 2.63. The minimum absolute atomic E-state index is 1.07. The smallest absolute Gasteiger partial charge is 0.0249 e. The lowest BCUT2D eigenvalue weighted by molar-refractivity contribution is 0.999. The number of allylic oxidation sites excluding steroid dienone is 4. The Morgan fingerprint density at radius 3 is 1.33 bits per heavy atom. The summed E-state index contributed by atoms with van der Waals surface area (Å²) in [6, 6.07) is 17.2. The number of hydrogen-bond acceptors (Lipinski definition) is 0. The van der Waals surface area contributed by atoms with E-state index in [1.165, 1.54) is 11.1 Å². The van der Waals surface area contributed by atoms with Gasteiger partial charge < -0.3 is 0 Å². The largest absolute Gasteiger partial charge is 0.0917 e. The van der Waals surface area contributed by atoms with Crippen LogP contribution in [0, 0.1) is 11.8 Å². The summed E-state index contributed by atoms with van der Waals surface area (Å²) in [7, 11) is 0.